The van der Waals surface area contributed by atoms with Crippen LogP contribution < -0.4 is 14.2 Å². The van der Waals surface area contributed by atoms with E-state index in [0.717, 1.165) is 34.1 Å². The summed E-state index contributed by atoms with van der Waals surface area (Å²) in [7, 11) is 3.16. The molecule has 3 aromatic carbocycles. The number of amidine groups is 1. The highest BCUT2D eigenvalue weighted by Gasteiger charge is 2.32. The predicted octanol–water partition coefficient (Wildman–Crippen LogP) is 5.04. The number of carbonyl (C=O) groups is 1. The second-order valence-electron chi connectivity index (χ2n) is 8.87. The lowest BCUT2D eigenvalue weighted by Crippen LogP contribution is -2.55. The number of aliphatic imine (C=N–C) groups is 1. The number of amides is 1. The lowest BCUT2D eigenvalue weighted by molar-refractivity contribution is 0.0581. The number of piperazine rings is 1. The molecular weight excluding hydrogens is 442 g/mol. The fourth-order valence-electron chi connectivity index (χ4n) is 4.66. The van der Waals surface area contributed by atoms with E-state index in [1.807, 2.05) is 41.3 Å². The molecule has 7 nitrogen and oxygen atoms in total. The second kappa shape index (κ2) is 9.33. The van der Waals surface area contributed by atoms with Gasteiger partial charge >= 0.3 is 0 Å². The molecule has 0 spiro atoms. The SMILES string of the molecule is COc1ccc(C(=O)N2CCN(C3=Nc4ccccc4Oc4ccc(C)cc43)CC2C)cc1OC. The van der Waals surface area contributed by atoms with Gasteiger partial charge in [0.05, 0.1) is 19.8 Å². The molecule has 0 bridgehead atoms. The van der Waals surface area contributed by atoms with Gasteiger partial charge in [0.25, 0.3) is 5.91 Å². The van der Waals surface area contributed by atoms with E-state index in [1.165, 1.54) is 0 Å². The van der Waals surface area contributed by atoms with E-state index >= 15 is 0 Å². The Hall–Kier alpha value is -4.00. The normalized spacial score (nSPS) is 16.9. The Morgan fingerprint density at radius 2 is 1.77 bits per heavy atom. The lowest BCUT2D eigenvalue weighted by atomic mass is 10.1. The molecule has 1 fully saturated rings. The van der Waals surface area contributed by atoms with Crippen LogP contribution in [0.25, 0.3) is 0 Å². The summed E-state index contributed by atoms with van der Waals surface area (Å²) in [6.07, 6.45) is 0. The molecule has 2 aliphatic rings. The Bertz CT molecular complexity index is 1300. The predicted molar refractivity (Wildman–Crippen MR) is 136 cm³/mol. The fraction of sp³-hybridized carbons (Fsp3) is 0.286. The molecule has 1 atom stereocenters. The highest BCUT2D eigenvalue weighted by Crippen LogP contribution is 2.38. The number of hydrogen-bond donors (Lipinski definition) is 0. The third kappa shape index (κ3) is 4.30. The lowest BCUT2D eigenvalue weighted by Gasteiger charge is -2.41. The molecule has 2 heterocycles. The molecule has 0 N–H and O–H groups in total. The van der Waals surface area contributed by atoms with Gasteiger partial charge in [-0.05, 0) is 56.3 Å². The van der Waals surface area contributed by atoms with Crippen LogP contribution in [-0.2, 0) is 0 Å². The van der Waals surface area contributed by atoms with E-state index in [1.54, 1.807) is 32.4 Å². The summed E-state index contributed by atoms with van der Waals surface area (Å²) < 4.78 is 16.9. The van der Waals surface area contributed by atoms with Crippen LogP contribution >= 0.6 is 0 Å². The molecule has 3 aromatic rings. The summed E-state index contributed by atoms with van der Waals surface area (Å²) >= 11 is 0. The number of methoxy groups -OCH3 is 2. The third-order valence-electron chi connectivity index (χ3n) is 6.51. The van der Waals surface area contributed by atoms with E-state index in [9.17, 15) is 4.79 Å². The molecule has 0 saturated carbocycles. The summed E-state index contributed by atoms with van der Waals surface area (Å²) in [6, 6.07) is 19.3. The van der Waals surface area contributed by atoms with Crippen LogP contribution in [0, 0.1) is 6.92 Å². The molecule has 35 heavy (non-hydrogen) atoms. The Morgan fingerprint density at radius 1 is 0.971 bits per heavy atom. The first-order valence-corrected chi connectivity index (χ1v) is 11.7. The number of benzene rings is 3. The Labute approximate surface area is 205 Å². The Morgan fingerprint density at radius 3 is 2.54 bits per heavy atom. The molecule has 1 amide bonds. The maximum absolute atomic E-state index is 13.4. The monoisotopic (exact) mass is 471 g/mol. The van der Waals surface area contributed by atoms with Gasteiger partial charge in [0.2, 0.25) is 0 Å². The summed E-state index contributed by atoms with van der Waals surface area (Å²) in [5.41, 5.74) is 3.49. The molecule has 0 radical (unpaired) electrons. The first-order valence-electron chi connectivity index (χ1n) is 11.7. The van der Waals surface area contributed by atoms with Crippen LogP contribution in [-0.4, -0.2) is 61.4 Å². The zero-order valence-electron chi connectivity index (χ0n) is 20.4. The smallest absolute Gasteiger partial charge is 0.254 e. The average Bonchev–Trinajstić information content (AvgIpc) is 3.04. The molecule has 0 aliphatic carbocycles. The van der Waals surface area contributed by atoms with E-state index in [-0.39, 0.29) is 11.9 Å². The number of carbonyl (C=O) groups excluding carboxylic acids is 1. The number of nitrogens with zero attached hydrogens (tertiary/aromatic N) is 3. The van der Waals surface area contributed by atoms with Crippen molar-refractivity contribution in [2.24, 2.45) is 4.99 Å². The van der Waals surface area contributed by atoms with Gasteiger partial charge < -0.3 is 24.0 Å². The number of hydrogen-bond acceptors (Lipinski definition) is 6. The molecule has 180 valence electrons. The fourth-order valence-corrected chi connectivity index (χ4v) is 4.66. The van der Waals surface area contributed by atoms with Gasteiger partial charge in [-0.1, -0.05) is 23.8 Å². The first-order chi connectivity index (χ1) is 17.0. The molecule has 2 aliphatic heterocycles. The van der Waals surface area contributed by atoms with Crippen molar-refractivity contribution in [3.63, 3.8) is 0 Å². The number of aryl methyl sites for hydroxylation is 1. The van der Waals surface area contributed by atoms with Crippen molar-refractivity contribution in [3.8, 4) is 23.0 Å². The van der Waals surface area contributed by atoms with Crippen molar-refractivity contribution in [3.05, 3.63) is 77.4 Å². The van der Waals surface area contributed by atoms with E-state index in [2.05, 4.69) is 24.8 Å². The molecule has 5 rings (SSSR count). The number of para-hydroxylation sites is 2. The second-order valence-corrected chi connectivity index (χ2v) is 8.87. The minimum atomic E-state index is -0.0224. The maximum atomic E-state index is 13.4. The maximum Gasteiger partial charge on any atom is 0.254 e. The van der Waals surface area contributed by atoms with Crippen LogP contribution in [0.1, 0.15) is 28.4 Å². The topological polar surface area (TPSA) is 63.6 Å². The zero-order chi connectivity index (χ0) is 24.5. The summed E-state index contributed by atoms with van der Waals surface area (Å²) in [6.45, 7) is 6.05. The van der Waals surface area contributed by atoms with Gasteiger partial charge in [0.1, 0.15) is 17.3 Å². The van der Waals surface area contributed by atoms with Crippen molar-refractivity contribution >= 4 is 17.4 Å². The van der Waals surface area contributed by atoms with Gasteiger partial charge in [0.15, 0.2) is 17.2 Å². The Balaban J connectivity index is 1.43. The molecule has 1 saturated heterocycles. The van der Waals surface area contributed by atoms with E-state index in [4.69, 9.17) is 19.2 Å². The standard InChI is InChI=1S/C28H29N3O4/c1-18-9-11-23-21(15-18)27(29-22-7-5-6-8-24(22)35-23)30-13-14-31(19(2)17-30)28(32)20-10-12-25(33-3)26(16-20)34-4/h5-12,15-16,19H,13-14,17H2,1-4H3. The van der Waals surface area contributed by atoms with Gasteiger partial charge in [-0.3, -0.25) is 4.79 Å². The zero-order valence-corrected chi connectivity index (χ0v) is 20.4. The van der Waals surface area contributed by atoms with Crippen molar-refractivity contribution in [1.29, 1.82) is 0 Å². The summed E-state index contributed by atoms with van der Waals surface area (Å²) in [5.74, 6) is 3.52. The van der Waals surface area contributed by atoms with E-state index in [0.29, 0.717) is 36.7 Å². The van der Waals surface area contributed by atoms with Crippen molar-refractivity contribution in [2.45, 2.75) is 19.9 Å². The number of fused-ring (bicyclic) bond motifs is 2. The van der Waals surface area contributed by atoms with Crippen LogP contribution in [0.4, 0.5) is 5.69 Å². The number of rotatable bonds is 3. The van der Waals surface area contributed by atoms with Crippen molar-refractivity contribution < 1.29 is 19.0 Å². The number of ether oxygens (including phenoxy) is 3. The van der Waals surface area contributed by atoms with Gasteiger partial charge in [-0.15, -0.1) is 0 Å². The molecule has 7 heteroatoms. The van der Waals surface area contributed by atoms with Crippen LogP contribution in [0.3, 0.4) is 0 Å². The van der Waals surface area contributed by atoms with Crippen LogP contribution in [0.15, 0.2) is 65.7 Å². The van der Waals surface area contributed by atoms with Crippen LogP contribution in [0.2, 0.25) is 0 Å². The minimum Gasteiger partial charge on any atom is -0.493 e. The molecular formula is C28H29N3O4. The highest BCUT2D eigenvalue weighted by atomic mass is 16.5. The quantitative estimate of drug-likeness (QED) is 0.535. The summed E-state index contributed by atoms with van der Waals surface area (Å²) in [5, 5.41) is 0. The van der Waals surface area contributed by atoms with Crippen molar-refractivity contribution in [2.75, 3.05) is 33.9 Å². The summed E-state index contributed by atoms with van der Waals surface area (Å²) in [4.78, 5) is 22.6. The Kier molecular flexibility index (Phi) is 6.07. The third-order valence-corrected chi connectivity index (χ3v) is 6.51. The van der Waals surface area contributed by atoms with Crippen molar-refractivity contribution in [1.82, 2.24) is 9.80 Å². The first kappa shape index (κ1) is 22.8. The van der Waals surface area contributed by atoms with Gasteiger partial charge in [-0.2, -0.15) is 0 Å². The average molecular weight is 472 g/mol. The van der Waals surface area contributed by atoms with Gasteiger partial charge in [0, 0.05) is 31.2 Å². The minimum absolute atomic E-state index is 0.0141. The van der Waals surface area contributed by atoms with Gasteiger partial charge in [-0.25, -0.2) is 4.99 Å². The molecule has 0 aromatic heterocycles. The largest absolute Gasteiger partial charge is 0.493 e. The van der Waals surface area contributed by atoms with Crippen LogP contribution in [0.5, 0.6) is 23.0 Å². The van der Waals surface area contributed by atoms with E-state index < -0.39 is 0 Å². The highest BCUT2D eigenvalue weighted by molar-refractivity contribution is 6.04. The molecule has 1 unspecified atom stereocenters.